The molecule has 26 heavy (non-hydrogen) atoms. The van der Waals surface area contributed by atoms with Gasteiger partial charge in [-0.25, -0.2) is 4.98 Å². The number of ether oxygens (including phenoxy) is 1. The molecular weight excluding hydrogens is 368 g/mol. The molecular formula is C15H19ClN4O6. The molecule has 142 valence electrons. The Morgan fingerprint density at radius 3 is 2.65 bits per heavy atom. The first kappa shape index (κ1) is 21.3. The lowest BCUT2D eigenvalue weighted by Gasteiger charge is -2.08. The van der Waals surface area contributed by atoms with E-state index in [4.69, 9.17) is 21.5 Å². The molecule has 0 aliphatic heterocycles. The van der Waals surface area contributed by atoms with Crippen LogP contribution in [0.3, 0.4) is 0 Å². The van der Waals surface area contributed by atoms with Crippen molar-refractivity contribution in [2.75, 3.05) is 6.61 Å². The molecule has 0 saturated carbocycles. The lowest BCUT2D eigenvalue weighted by Crippen LogP contribution is -2.32. The van der Waals surface area contributed by atoms with Crippen LogP contribution in [0.2, 0.25) is 5.02 Å². The molecule has 0 bridgehead atoms. The van der Waals surface area contributed by atoms with Gasteiger partial charge in [0.15, 0.2) is 5.84 Å². The number of aromatic nitrogens is 1. The van der Waals surface area contributed by atoms with Crippen molar-refractivity contribution in [3.8, 4) is 0 Å². The topological polar surface area (TPSA) is 144 Å². The third kappa shape index (κ3) is 7.01. The lowest BCUT2D eigenvalue weighted by molar-refractivity contribution is -0.385. The van der Waals surface area contributed by atoms with Gasteiger partial charge in [0.2, 0.25) is 5.91 Å². The number of nitro groups is 1. The molecule has 1 aromatic rings. The molecule has 2 N–H and O–H groups in total. The number of amidine groups is 1. The minimum absolute atomic E-state index is 0.0876. The van der Waals surface area contributed by atoms with Crippen LogP contribution in [-0.2, 0) is 14.3 Å². The molecule has 0 aliphatic carbocycles. The summed E-state index contributed by atoms with van der Waals surface area (Å²) in [7, 11) is 0. The average Bonchev–Trinajstić information content (AvgIpc) is 2.59. The zero-order valence-electron chi connectivity index (χ0n) is 14.1. The third-order valence-electron chi connectivity index (χ3n) is 3.21. The Bertz CT molecular complexity index is 695. The van der Waals surface area contributed by atoms with E-state index in [1.165, 1.54) is 0 Å². The summed E-state index contributed by atoms with van der Waals surface area (Å²) in [5.41, 5.74) is -0.417. The van der Waals surface area contributed by atoms with Crippen molar-refractivity contribution in [2.45, 2.75) is 39.0 Å². The summed E-state index contributed by atoms with van der Waals surface area (Å²) in [6.07, 6.45) is 3.13. The Morgan fingerprint density at radius 1 is 1.38 bits per heavy atom. The van der Waals surface area contributed by atoms with Gasteiger partial charge in [0, 0.05) is 18.9 Å². The van der Waals surface area contributed by atoms with Crippen LogP contribution in [-0.4, -0.2) is 39.4 Å². The zero-order chi connectivity index (χ0) is 19.5. The number of nitrogens with zero attached hydrogens (tertiary/aromatic N) is 3. The Hall–Kier alpha value is -2.75. The number of unbranched alkanes of at least 4 members (excludes halogenated alkanes) is 2. The first-order chi connectivity index (χ1) is 12.4. The molecule has 1 amide bonds. The number of esters is 1. The molecule has 0 spiro atoms. The minimum atomic E-state index is -0.673. The quantitative estimate of drug-likeness (QED) is 0.126. The largest absolute Gasteiger partial charge is 0.466 e. The predicted molar refractivity (Wildman–Crippen MR) is 92.1 cm³/mol. The van der Waals surface area contributed by atoms with E-state index in [1.807, 2.05) is 0 Å². The van der Waals surface area contributed by atoms with Gasteiger partial charge in [0.25, 0.3) is 5.69 Å². The second-order valence-electron chi connectivity index (χ2n) is 5.14. The highest BCUT2D eigenvalue weighted by molar-refractivity contribution is 6.34. The Morgan fingerprint density at radius 2 is 2.08 bits per heavy atom. The van der Waals surface area contributed by atoms with E-state index < -0.39 is 10.8 Å². The zero-order valence-corrected chi connectivity index (χ0v) is 14.9. The highest BCUT2D eigenvalue weighted by atomic mass is 35.5. The summed E-state index contributed by atoms with van der Waals surface area (Å²) in [5.74, 6) is -1.02. The van der Waals surface area contributed by atoms with Gasteiger partial charge in [0.05, 0.1) is 16.6 Å². The van der Waals surface area contributed by atoms with Gasteiger partial charge in [-0.1, -0.05) is 23.2 Å². The van der Waals surface area contributed by atoms with Gasteiger partial charge in [-0.2, -0.15) is 0 Å². The average molecular weight is 387 g/mol. The summed E-state index contributed by atoms with van der Waals surface area (Å²) >= 11 is 5.88. The first-order valence-corrected chi connectivity index (χ1v) is 8.24. The van der Waals surface area contributed by atoms with Crippen LogP contribution >= 0.6 is 11.6 Å². The van der Waals surface area contributed by atoms with E-state index in [2.05, 4.69) is 15.5 Å². The fraction of sp³-hybridized carbons (Fsp3) is 0.467. The maximum atomic E-state index is 11.9. The summed E-state index contributed by atoms with van der Waals surface area (Å²) in [4.78, 5) is 36.8. The highest BCUT2D eigenvalue weighted by Gasteiger charge is 2.17. The van der Waals surface area contributed by atoms with Crippen molar-refractivity contribution in [3.05, 3.63) is 33.1 Å². The van der Waals surface area contributed by atoms with Crippen LogP contribution in [0.25, 0.3) is 0 Å². The monoisotopic (exact) mass is 386 g/mol. The van der Waals surface area contributed by atoms with Crippen molar-refractivity contribution in [2.24, 2.45) is 5.16 Å². The van der Waals surface area contributed by atoms with Crippen LogP contribution < -0.4 is 5.32 Å². The first-order valence-electron chi connectivity index (χ1n) is 7.86. The number of hydrogen-bond donors (Lipinski definition) is 2. The predicted octanol–water partition coefficient (Wildman–Crippen LogP) is 2.41. The fourth-order valence-corrected chi connectivity index (χ4v) is 2.24. The third-order valence-corrected chi connectivity index (χ3v) is 3.50. The van der Waals surface area contributed by atoms with Gasteiger partial charge in [-0.3, -0.25) is 19.7 Å². The summed E-state index contributed by atoms with van der Waals surface area (Å²) in [6, 6.07) is 1.04. The second-order valence-corrected chi connectivity index (χ2v) is 5.55. The molecule has 11 heteroatoms. The van der Waals surface area contributed by atoms with Gasteiger partial charge in [-0.15, -0.1) is 0 Å². The maximum absolute atomic E-state index is 11.9. The summed E-state index contributed by atoms with van der Waals surface area (Å²) in [5, 5.41) is 24.8. The van der Waals surface area contributed by atoms with E-state index in [-0.39, 0.29) is 34.6 Å². The van der Waals surface area contributed by atoms with Crippen molar-refractivity contribution in [1.29, 1.82) is 0 Å². The van der Waals surface area contributed by atoms with Crippen LogP contribution in [0.15, 0.2) is 17.4 Å². The molecule has 10 nitrogen and oxygen atoms in total. The van der Waals surface area contributed by atoms with E-state index in [0.717, 1.165) is 12.3 Å². The second kappa shape index (κ2) is 11.0. The number of pyridine rings is 1. The number of amides is 1. The molecule has 0 unspecified atom stereocenters. The van der Waals surface area contributed by atoms with Crippen molar-refractivity contribution < 1.29 is 24.5 Å². The SMILES string of the molecule is CCOC(=O)CCCCCC(=O)N/C(=N/O)c1ncc([N+](=O)[O-])cc1Cl. The van der Waals surface area contributed by atoms with E-state index in [0.29, 0.717) is 32.3 Å². The molecule has 1 rings (SSSR count). The van der Waals surface area contributed by atoms with Crippen molar-refractivity contribution in [1.82, 2.24) is 10.3 Å². The summed E-state index contributed by atoms with van der Waals surface area (Å²) < 4.78 is 4.80. The Labute approximate surface area is 154 Å². The molecule has 0 aromatic carbocycles. The van der Waals surface area contributed by atoms with E-state index in [1.54, 1.807) is 6.92 Å². The van der Waals surface area contributed by atoms with Crippen LogP contribution in [0, 0.1) is 10.1 Å². The molecule has 0 fully saturated rings. The minimum Gasteiger partial charge on any atom is -0.466 e. The van der Waals surface area contributed by atoms with Crippen LogP contribution in [0.5, 0.6) is 0 Å². The molecule has 1 aromatic heterocycles. The highest BCUT2D eigenvalue weighted by Crippen LogP contribution is 2.20. The van der Waals surface area contributed by atoms with Crippen molar-refractivity contribution >= 4 is 35.0 Å². The molecule has 0 radical (unpaired) electrons. The normalized spacial score (nSPS) is 11.1. The molecule has 1 heterocycles. The van der Waals surface area contributed by atoms with E-state index in [9.17, 15) is 19.7 Å². The molecule has 0 aliphatic rings. The number of oxime groups is 1. The van der Waals surface area contributed by atoms with Gasteiger partial charge in [0.1, 0.15) is 11.9 Å². The maximum Gasteiger partial charge on any atom is 0.305 e. The number of halogens is 1. The van der Waals surface area contributed by atoms with Crippen LogP contribution in [0.1, 0.15) is 44.7 Å². The number of nitrogens with one attached hydrogen (secondary N) is 1. The summed E-state index contributed by atoms with van der Waals surface area (Å²) in [6.45, 7) is 2.07. The van der Waals surface area contributed by atoms with Gasteiger partial charge < -0.3 is 15.3 Å². The number of rotatable bonds is 9. The van der Waals surface area contributed by atoms with Gasteiger partial charge in [-0.05, 0) is 19.8 Å². The van der Waals surface area contributed by atoms with Crippen LogP contribution in [0.4, 0.5) is 5.69 Å². The van der Waals surface area contributed by atoms with Crippen molar-refractivity contribution in [3.63, 3.8) is 0 Å². The smallest absolute Gasteiger partial charge is 0.305 e. The Balaban J connectivity index is 2.49. The lowest BCUT2D eigenvalue weighted by atomic mass is 10.1. The van der Waals surface area contributed by atoms with Gasteiger partial charge >= 0.3 is 5.97 Å². The molecule has 0 saturated heterocycles. The standard InChI is InChI=1S/C15H19ClN4O6/c1-2-26-13(22)7-5-3-4-6-12(21)18-15(19-23)14-11(16)8-10(9-17-14)20(24)25/h8-9,23H,2-7H2,1H3,(H,18,19,21). The number of carbonyl (C=O) groups excluding carboxylic acids is 2. The molecule has 0 atom stereocenters. The Kier molecular flexibility index (Phi) is 8.99. The number of carbonyl (C=O) groups is 2. The number of hydrogen-bond acceptors (Lipinski definition) is 8. The van der Waals surface area contributed by atoms with E-state index >= 15 is 0 Å². The fourth-order valence-electron chi connectivity index (χ4n) is 1.99.